The van der Waals surface area contributed by atoms with Gasteiger partial charge in [0.2, 0.25) is 5.91 Å². The Morgan fingerprint density at radius 2 is 1.96 bits per heavy atom. The van der Waals surface area contributed by atoms with Gasteiger partial charge in [0.1, 0.15) is 12.4 Å². The summed E-state index contributed by atoms with van der Waals surface area (Å²) in [6, 6.07) is 5.90. The first-order valence-electron chi connectivity index (χ1n) is 9.24. The monoisotopic (exact) mass is 474 g/mol. The van der Waals surface area contributed by atoms with E-state index in [0.717, 1.165) is 37.4 Å². The minimum atomic E-state index is -0.366. The zero-order valence-electron chi connectivity index (χ0n) is 15.2. The van der Waals surface area contributed by atoms with Gasteiger partial charge in [-0.3, -0.25) is 4.79 Å². The van der Waals surface area contributed by atoms with Crippen LogP contribution in [0.25, 0.3) is 0 Å². The molecule has 2 unspecified atom stereocenters. The third-order valence-electron chi connectivity index (χ3n) is 5.09. The number of anilines is 1. The summed E-state index contributed by atoms with van der Waals surface area (Å²) >= 11 is 0. The summed E-state index contributed by atoms with van der Waals surface area (Å²) in [6.45, 7) is 4.90. The predicted octanol–water partition coefficient (Wildman–Crippen LogP) is 3.47. The smallest absolute Gasteiger partial charge is 0.246 e. The van der Waals surface area contributed by atoms with Crippen LogP contribution in [0.5, 0.6) is 0 Å². The number of hydrogen-bond donors (Lipinski definition) is 2. The number of rotatable bonds is 4. The molecule has 144 valence electrons. The Hall–Kier alpha value is -1.38. The van der Waals surface area contributed by atoms with E-state index in [-0.39, 0.29) is 42.2 Å². The van der Waals surface area contributed by atoms with Gasteiger partial charge in [-0.05, 0) is 49.8 Å². The zero-order chi connectivity index (χ0) is 17.6. The average molecular weight is 474 g/mol. The summed E-state index contributed by atoms with van der Waals surface area (Å²) in [7, 11) is 0. The molecule has 0 spiro atoms. The van der Waals surface area contributed by atoms with Crippen molar-refractivity contribution in [3.8, 4) is 0 Å². The number of likely N-dealkylation sites (tertiary alicyclic amines) is 1. The Morgan fingerprint density at radius 1 is 1.27 bits per heavy atom. The van der Waals surface area contributed by atoms with Gasteiger partial charge in [-0.2, -0.15) is 0 Å². The Labute approximate surface area is 171 Å². The number of amides is 1. The van der Waals surface area contributed by atoms with Gasteiger partial charge < -0.3 is 15.5 Å². The number of hydrogen-bond acceptors (Lipinski definition) is 2. The lowest BCUT2D eigenvalue weighted by Gasteiger charge is -2.22. The van der Waals surface area contributed by atoms with Crippen LogP contribution in [0, 0.1) is 17.7 Å². The van der Waals surface area contributed by atoms with Crippen LogP contribution in [0.3, 0.4) is 0 Å². The van der Waals surface area contributed by atoms with Crippen molar-refractivity contribution < 1.29 is 9.18 Å². The molecule has 0 aromatic heterocycles. The van der Waals surface area contributed by atoms with Gasteiger partial charge in [-0.1, -0.05) is 18.9 Å². The fraction of sp³-hybridized carbons (Fsp3) is 0.579. The molecule has 1 amide bonds. The first-order chi connectivity index (χ1) is 12.2. The Morgan fingerprint density at radius 3 is 2.58 bits per heavy atom. The van der Waals surface area contributed by atoms with Gasteiger partial charge in [0.25, 0.3) is 0 Å². The molecule has 7 heteroatoms. The highest BCUT2D eigenvalue weighted by Gasteiger charge is 2.35. The molecular weight excluding hydrogens is 446 g/mol. The van der Waals surface area contributed by atoms with Crippen molar-refractivity contribution in [3.05, 3.63) is 30.1 Å². The maximum atomic E-state index is 13.2. The molecular formula is C19H28FIN4O. The number of fused-ring (bicyclic) bond motifs is 1. The molecule has 26 heavy (non-hydrogen) atoms. The van der Waals surface area contributed by atoms with E-state index in [1.807, 2.05) is 6.92 Å². The Balaban J connectivity index is 0.00000243. The van der Waals surface area contributed by atoms with Crippen molar-refractivity contribution in [1.29, 1.82) is 0 Å². The number of halogens is 2. The van der Waals surface area contributed by atoms with E-state index in [4.69, 9.17) is 0 Å². The minimum absolute atomic E-state index is 0. The van der Waals surface area contributed by atoms with Gasteiger partial charge in [0, 0.05) is 25.3 Å². The first-order valence-corrected chi connectivity index (χ1v) is 9.24. The first kappa shape index (κ1) is 20.9. The van der Waals surface area contributed by atoms with E-state index in [2.05, 4.69) is 20.5 Å². The topological polar surface area (TPSA) is 56.7 Å². The lowest BCUT2D eigenvalue weighted by molar-refractivity contribution is -0.114. The van der Waals surface area contributed by atoms with Crippen LogP contribution < -0.4 is 10.6 Å². The van der Waals surface area contributed by atoms with Crippen molar-refractivity contribution in [2.45, 2.75) is 32.6 Å². The largest absolute Gasteiger partial charge is 0.357 e. The van der Waals surface area contributed by atoms with Gasteiger partial charge >= 0.3 is 0 Å². The molecule has 1 saturated carbocycles. The minimum Gasteiger partial charge on any atom is -0.357 e. The number of carbonyl (C=O) groups excluding carboxylic acids is 1. The lowest BCUT2D eigenvalue weighted by Crippen LogP contribution is -2.40. The van der Waals surface area contributed by atoms with Crippen LogP contribution in [-0.4, -0.2) is 42.9 Å². The molecule has 2 N–H and O–H groups in total. The molecule has 1 saturated heterocycles. The molecule has 1 heterocycles. The number of aliphatic imine (C=N–C) groups is 1. The summed E-state index contributed by atoms with van der Waals surface area (Å²) in [5.74, 6) is 1.73. The van der Waals surface area contributed by atoms with Crippen LogP contribution >= 0.6 is 24.0 Å². The number of benzene rings is 1. The quantitative estimate of drug-likeness (QED) is 0.399. The lowest BCUT2D eigenvalue weighted by atomic mass is 9.82. The molecule has 1 aliphatic carbocycles. The van der Waals surface area contributed by atoms with Crippen molar-refractivity contribution >= 4 is 41.5 Å². The Bertz CT molecular complexity index is 626. The summed E-state index contributed by atoms with van der Waals surface area (Å²) in [5.41, 5.74) is 0.456. The molecule has 2 atom stereocenters. The predicted molar refractivity (Wildman–Crippen MR) is 113 cm³/mol. The summed E-state index contributed by atoms with van der Waals surface area (Å²) in [4.78, 5) is 18.9. The van der Waals surface area contributed by atoms with Crippen molar-refractivity contribution in [2.75, 3.05) is 31.5 Å². The van der Waals surface area contributed by atoms with Crippen molar-refractivity contribution in [3.63, 3.8) is 0 Å². The third-order valence-corrected chi connectivity index (χ3v) is 5.09. The fourth-order valence-corrected chi connectivity index (χ4v) is 3.92. The molecule has 5 nitrogen and oxygen atoms in total. The normalized spacial score (nSPS) is 22.4. The van der Waals surface area contributed by atoms with Crippen LogP contribution in [0.4, 0.5) is 10.1 Å². The molecule has 0 bridgehead atoms. The molecule has 1 aromatic rings. The van der Waals surface area contributed by atoms with Crippen LogP contribution in [0.1, 0.15) is 32.6 Å². The van der Waals surface area contributed by atoms with Gasteiger partial charge in [0.05, 0.1) is 0 Å². The van der Waals surface area contributed by atoms with E-state index in [1.165, 1.54) is 37.8 Å². The fourth-order valence-electron chi connectivity index (χ4n) is 3.92. The summed E-state index contributed by atoms with van der Waals surface area (Å²) < 4.78 is 13.2. The third kappa shape index (κ3) is 5.56. The number of nitrogens with one attached hydrogen (secondary N) is 2. The molecule has 2 fully saturated rings. The van der Waals surface area contributed by atoms with E-state index in [0.29, 0.717) is 5.69 Å². The number of guanidine groups is 1. The second-order valence-corrected chi connectivity index (χ2v) is 6.94. The molecule has 1 aliphatic heterocycles. The second kappa shape index (κ2) is 10.1. The van der Waals surface area contributed by atoms with Crippen LogP contribution in [-0.2, 0) is 4.79 Å². The molecule has 0 radical (unpaired) electrons. The maximum Gasteiger partial charge on any atom is 0.246 e. The SMILES string of the molecule is CCNC(=NCC(=O)Nc1cccc(F)c1)N1CC2CCCCC2C1.I. The highest BCUT2D eigenvalue weighted by atomic mass is 127. The van der Waals surface area contributed by atoms with Gasteiger partial charge in [0.15, 0.2) is 5.96 Å². The highest BCUT2D eigenvalue weighted by Crippen LogP contribution is 2.35. The molecule has 1 aromatic carbocycles. The maximum absolute atomic E-state index is 13.2. The van der Waals surface area contributed by atoms with Crippen LogP contribution in [0.15, 0.2) is 29.3 Å². The van der Waals surface area contributed by atoms with Gasteiger partial charge in [-0.25, -0.2) is 9.38 Å². The summed E-state index contributed by atoms with van der Waals surface area (Å²) in [6.07, 6.45) is 5.28. The van der Waals surface area contributed by atoms with Crippen molar-refractivity contribution in [2.24, 2.45) is 16.8 Å². The number of nitrogens with zero attached hydrogens (tertiary/aromatic N) is 2. The van der Waals surface area contributed by atoms with Crippen molar-refractivity contribution in [1.82, 2.24) is 10.2 Å². The molecule has 2 aliphatic rings. The second-order valence-electron chi connectivity index (χ2n) is 6.94. The van der Waals surface area contributed by atoms with Gasteiger partial charge in [-0.15, -0.1) is 24.0 Å². The van der Waals surface area contributed by atoms with E-state index in [1.54, 1.807) is 12.1 Å². The standard InChI is InChI=1S/C19H27FN4O.HI/c1-2-21-19(24-12-14-6-3-4-7-15(14)13-24)22-11-18(25)23-17-9-5-8-16(20)10-17;/h5,8-10,14-15H,2-4,6-7,11-13H2,1H3,(H,21,22)(H,23,25);1H. The average Bonchev–Trinajstić information content (AvgIpc) is 3.02. The van der Waals surface area contributed by atoms with E-state index in [9.17, 15) is 9.18 Å². The zero-order valence-corrected chi connectivity index (χ0v) is 17.5. The van der Waals surface area contributed by atoms with E-state index < -0.39 is 0 Å². The summed E-state index contributed by atoms with van der Waals surface area (Å²) in [5, 5.41) is 5.99. The van der Waals surface area contributed by atoms with E-state index >= 15 is 0 Å². The Kier molecular flexibility index (Phi) is 8.12. The van der Waals surface area contributed by atoms with Crippen LogP contribution in [0.2, 0.25) is 0 Å². The molecule has 3 rings (SSSR count). The highest BCUT2D eigenvalue weighted by molar-refractivity contribution is 14.0. The number of carbonyl (C=O) groups is 1.